The Kier molecular flexibility index (Phi) is 3.39. The highest BCUT2D eigenvalue weighted by molar-refractivity contribution is 6.96. The van der Waals surface area contributed by atoms with E-state index in [2.05, 4.69) is 36.9 Å². The third-order valence-electron chi connectivity index (χ3n) is 3.76. The van der Waals surface area contributed by atoms with Gasteiger partial charge in [0.25, 0.3) is 0 Å². The fourth-order valence-electron chi connectivity index (χ4n) is 2.72. The number of aldehydes is 1. The molecule has 0 spiro atoms. The molecular weight excluding hydrogens is 212 g/mol. The summed E-state index contributed by atoms with van der Waals surface area (Å²) in [5.74, 6) is 0. The summed E-state index contributed by atoms with van der Waals surface area (Å²) < 4.78 is 0. The van der Waals surface area contributed by atoms with Crippen LogP contribution in [0.4, 0.5) is 0 Å². The van der Waals surface area contributed by atoms with Crippen LogP contribution in [0.25, 0.3) is 0 Å². The molecule has 1 aliphatic rings. The second-order valence-corrected chi connectivity index (χ2v) is 9.12. The van der Waals surface area contributed by atoms with Gasteiger partial charge in [-0.15, -0.1) is 0 Å². The summed E-state index contributed by atoms with van der Waals surface area (Å²) in [4.78, 5) is 10.7. The van der Waals surface area contributed by atoms with Crippen LogP contribution in [-0.4, -0.2) is 14.4 Å². The summed E-state index contributed by atoms with van der Waals surface area (Å²) >= 11 is 0. The van der Waals surface area contributed by atoms with E-state index in [0.717, 1.165) is 12.7 Å². The zero-order chi connectivity index (χ0) is 11.4. The SMILES string of the molecule is C[Si]1(c2ccccc2)CCCC/C1=C/C=O. The first kappa shape index (κ1) is 11.3. The van der Waals surface area contributed by atoms with Gasteiger partial charge in [-0.3, -0.25) is 4.79 Å². The van der Waals surface area contributed by atoms with Crippen LogP contribution in [0.3, 0.4) is 0 Å². The van der Waals surface area contributed by atoms with Crippen molar-refractivity contribution in [3.05, 3.63) is 41.6 Å². The number of hydrogen-bond acceptors (Lipinski definition) is 1. The lowest BCUT2D eigenvalue weighted by Crippen LogP contribution is -2.48. The Hall–Kier alpha value is -1.15. The predicted molar refractivity (Wildman–Crippen MR) is 70.5 cm³/mol. The van der Waals surface area contributed by atoms with Crippen molar-refractivity contribution in [2.75, 3.05) is 0 Å². The van der Waals surface area contributed by atoms with Crippen molar-refractivity contribution in [3.63, 3.8) is 0 Å². The molecule has 1 heterocycles. The topological polar surface area (TPSA) is 17.1 Å². The zero-order valence-corrected chi connectivity index (χ0v) is 10.8. The normalized spacial score (nSPS) is 27.9. The number of rotatable bonds is 2. The van der Waals surface area contributed by atoms with E-state index in [1.54, 1.807) is 0 Å². The van der Waals surface area contributed by atoms with E-state index in [4.69, 9.17) is 0 Å². The van der Waals surface area contributed by atoms with Gasteiger partial charge in [0.05, 0.1) is 0 Å². The summed E-state index contributed by atoms with van der Waals surface area (Å²) in [6.07, 6.45) is 6.48. The van der Waals surface area contributed by atoms with Gasteiger partial charge in [-0.1, -0.05) is 60.1 Å². The van der Waals surface area contributed by atoms with Gasteiger partial charge in [-0.25, -0.2) is 0 Å². The lowest BCUT2D eigenvalue weighted by Gasteiger charge is -2.34. The molecule has 1 saturated heterocycles. The van der Waals surface area contributed by atoms with E-state index in [0.29, 0.717) is 0 Å². The van der Waals surface area contributed by atoms with E-state index in [1.807, 2.05) is 6.08 Å². The average molecular weight is 230 g/mol. The first-order chi connectivity index (χ1) is 7.77. The number of benzene rings is 1. The first-order valence-corrected chi connectivity index (χ1v) is 8.68. The second kappa shape index (κ2) is 4.79. The molecule has 1 fully saturated rings. The Morgan fingerprint density at radius 3 is 2.62 bits per heavy atom. The Labute approximate surface area is 98.2 Å². The molecule has 1 atom stereocenters. The lowest BCUT2D eigenvalue weighted by atomic mass is 10.2. The van der Waals surface area contributed by atoms with E-state index in [9.17, 15) is 4.79 Å². The van der Waals surface area contributed by atoms with Gasteiger partial charge in [-0.05, 0) is 18.5 Å². The van der Waals surface area contributed by atoms with Crippen LogP contribution in [0, 0.1) is 0 Å². The molecule has 1 aliphatic heterocycles. The molecule has 0 saturated carbocycles. The summed E-state index contributed by atoms with van der Waals surface area (Å²) in [7, 11) is -1.53. The molecule has 0 aromatic heterocycles. The van der Waals surface area contributed by atoms with Crippen molar-refractivity contribution in [2.24, 2.45) is 0 Å². The summed E-state index contributed by atoms with van der Waals surface area (Å²) in [6.45, 7) is 2.40. The van der Waals surface area contributed by atoms with Crippen LogP contribution in [0.15, 0.2) is 41.6 Å². The minimum Gasteiger partial charge on any atom is -0.299 e. The molecule has 16 heavy (non-hydrogen) atoms. The van der Waals surface area contributed by atoms with E-state index in [-0.39, 0.29) is 0 Å². The molecule has 0 bridgehead atoms. The maximum absolute atomic E-state index is 10.7. The van der Waals surface area contributed by atoms with E-state index >= 15 is 0 Å². The smallest absolute Gasteiger partial charge is 0.142 e. The fraction of sp³-hybridized carbons (Fsp3) is 0.357. The van der Waals surface area contributed by atoms with Gasteiger partial charge in [0, 0.05) is 0 Å². The Bertz CT molecular complexity index is 396. The number of carbonyl (C=O) groups excluding carboxylic acids is 1. The monoisotopic (exact) mass is 230 g/mol. The van der Waals surface area contributed by atoms with Gasteiger partial charge in [0.1, 0.15) is 14.4 Å². The van der Waals surface area contributed by atoms with Crippen LogP contribution < -0.4 is 5.19 Å². The van der Waals surface area contributed by atoms with Crippen molar-refractivity contribution >= 4 is 19.5 Å². The number of carbonyl (C=O) groups is 1. The zero-order valence-electron chi connectivity index (χ0n) is 9.78. The third-order valence-corrected chi connectivity index (χ3v) is 8.56. The molecule has 1 nitrogen and oxygen atoms in total. The molecule has 1 aromatic carbocycles. The van der Waals surface area contributed by atoms with Gasteiger partial charge < -0.3 is 0 Å². The molecule has 0 radical (unpaired) electrons. The van der Waals surface area contributed by atoms with Crippen molar-refractivity contribution < 1.29 is 4.79 Å². The first-order valence-electron chi connectivity index (χ1n) is 5.98. The fourth-order valence-corrected chi connectivity index (χ4v) is 6.75. The standard InChI is InChI=1S/C14H18OSi/c1-16(13-7-3-2-4-8-13)12-6-5-9-14(16)10-11-15/h2-4,7-8,10-11H,5-6,9,12H2,1H3/b14-10-. The molecule has 0 amide bonds. The molecule has 0 aliphatic carbocycles. The predicted octanol–water partition coefficient (Wildman–Crippen LogP) is 2.82. The maximum atomic E-state index is 10.7. The summed E-state index contributed by atoms with van der Waals surface area (Å²) in [5, 5.41) is 2.91. The van der Waals surface area contributed by atoms with E-state index in [1.165, 1.54) is 29.3 Å². The van der Waals surface area contributed by atoms with Crippen molar-refractivity contribution in [1.29, 1.82) is 0 Å². The van der Waals surface area contributed by atoms with Crippen LogP contribution in [0.2, 0.25) is 12.6 Å². The largest absolute Gasteiger partial charge is 0.299 e. The van der Waals surface area contributed by atoms with Crippen molar-refractivity contribution in [1.82, 2.24) is 0 Å². The van der Waals surface area contributed by atoms with Gasteiger partial charge in [0.2, 0.25) is 0 Å². The molecule has 0 N–H and O–H groups in total. The highest BCUT2D eigenvalue weighted by Crippen LogP contribution is 2.31. The van der Waals surface area contributed by atoms with Crippen molar-refractivity contribution in [2.45, 2.75) is 31.9 Å². The molecule has 2 rings (SSSR count). The van der Waals surface area contributed by atoms with E-state index < -0.39 is 8.07 Å². The summed E-state index contributed by atoms with van der Waals surface area (Å²) in [6, 6.07) is 12.0. The van der Waals surface area contributed by atoms with Gasteiger partial charge >= 0.3 is 0 Å². The Morgan fingerprint density at radius 2 is 1.94 bits per heavy atom. The molecule has 1 aromatic rings. The highest BCUT2D eigenvalue weighted by Gasteiger charge is 2.35. The van der Waals surface area contributed by atoms with Crippen LogP contribution >= 0.6 is 0 Å². The van der Waals surface area contributed by atoms with Crippen LogP contribution in [-0.2, 0) is 4.79 Å². The molecular formula is C14H18OSi. The quantitative estimate of drug-likeness (QED) is 0.434. The Balaban J connectivity index is 2.41. The average Bonchev–Trinajstić information content (AvgIpc) is 2.34. The molecule has 84 valence electrons. The maximum Gasteiger partial charge on any atom is 0.142 e. The minimum atomic E-state index is -1.53. The highest BCUT2D eigenvalue weighted by atomic mass is 28.3. The third kappa shape index (κ3) is 2.02. The van der Waals surface area contributed by atoms with Gasteiger partial charge in [0.15, 0.2) is 0 Å². The molecule has 2 heteroatoms. The van der Waals surface area contributed by atoms with Crippen LogP contribution in [0.5, 0.6) is 0 Å². The molecule has 1 unspecified atom stereocenters. The second-order valence-electron chi connectivity index (χ2n) is 4.73. The number of allylic oxidation sites excluding steroid dienone is 2. The number of hydrogen-bond donors (Lipinski definition) is 0. The minimum absolute atomic E-state index is 0.967. The summed E-state index contributed by atoms with van der Waals surface area (Å²) in [5.41, 5.74) is 0. The Morgan fingerprint density at radius 1 is 1.19 bits per heavy atom. The van der Waals surface area contributed by atoms with Gasteiger partial charge in [-0.2, -0.15) is 0 Å². The van der Waals surface area contributed by atoms with Crippen LogP contribution in [0.1, 0.15) is 19.3 Å². The lowest BCUT2D eigenvalue weighted by molar-refractivity contribution is -0.104. The van der Waals surface area contributed by atoms with Crippen molar-refractivity contribution in [3.8, 4) is 0 Å².